The van der Waals surface area contributed by atoms with E-state index in [-0.39, 0.29) is 40.6 Å². The highest BCUT2D eigenvalue weighted by Gasteiger charge is 2.29. The first kappa shape index (κ1) is 24.9. The van der Waals surface area contributed by atoms with Crippen LogP contribution in [0.5, 0.6) is 5.75 Å². The Hall–Kier alpha value is -3.23. The van der Waals surface area contributed by atoms with E-state index in [9.17, 15) is 14.3 Å². The zero-order valence-electron chi connectivity index (χ0n) is 20.0. The molecule has 1 aliphatic rings. The number of aliphatic hydroxyl groups is 1. The molecular weight excluding hydrogens is 471 g/mol. The molecule has 0 spiro atoms. The summed E-state index contributed by atoms with van der Waals surface area (Å²) in [5, 5.41) is 13.6. The van der Waals surface area contributed by atoms with Crippen LogP contribution in [0.3, 0.4) is 0 Å². The van der Waals surface area contributed by atoms with Gasteiger partial charge in [-0.3, -0.25) is 14.8 Å². The van der Waals surface area contributed by atoms with Crippen molar-refractivity contribution in [1.82, 2.24) is 19.9 Å². The van der Waals surface area contributed by atoms with Gasteiger partial charge in [-0.2, -0.15) is 0 Å². The van der Waals surface area contributed by atoms with Crippen molar-refractivity contribution in [3.05, 3.63) is 98.3 Å². The Morgan fingerprint density at radius 1 is 1.31 bits per heavy atom. The van der Waals surface area contributed by atoms with Gasteiger partial charge in [-0.05, 0) is 64.1 Å². The van der Waals surface area contributed by atoms with Gasteiger partial charge in [-0.15, -0.1) is 0 Å². The molecule has 0 saturated heterocycles. The van der Waals surface area contributed by atoms with Crippen molar-refractivity contribution >= 4 is 11.6 Å². The van der Waals surface area contributed by atoms with Crippen molar-refractivity contribution in [2.24, 2.45) is 0 Å². The van der Waals surface area contributed by atoms with Crippen LogP contribution in [0.25, 0.3) is 0 Å². The molecule has 0 amide bonds. The van der Waals surface area contributed by atoms with E-state index in [2.05, 4.69) is 15.3 Å². The third-order valence-corrected chi connectivity index (χ3v) is 6.48. The molecule has 0 radical (unpaired) electrons. The Kier molecular flexibility index (Phi) is 6.96. The first-order valence-electron chi connectivity index (χ1n) is 11.3. The number of allylic oxidation sites excluding steroid dienone is 1. The quantitative estimate of drug-likeness (QED) is 0.511. The zero-order valence-corrected chi connectivity index (χ0v) is 20.8. The van der Waals surface area contributed by atoms with Gasteiger partial charge in [0.15, 0.2) is 0 Å². The fraction of sp³-hybridized carbons (Fsp3) is 0.346. The largest absolute Gasteiger partial charge is 0.487 e. The maximum atomic E-state index is 13.9. The van der Waals surface area contributed by atoms with E-state index < -0.39 is 11.4 Å². The lowest BCUT2D eigenvalue weighted by molar-refractivity contribution is 0.0735. The molecule has 4 heterocycles. The Balaban J connectivity index is 1.62. The van der Waals surface area contributed by atoms with Crippen LogP contribution in [0.2, 0.25) is 5.02 Å². The summed E-state index contributed by atoms with van der Waals surface area (Å²) >= 11 is 6.42. The van der Waals surface area contributed by atoms with Gasteiger partial charge in [0.05, 0.1) is 23.5 Å². The molecule has 9 heteroatoms. The number of hydrogen-bond donors (Lipinski definition) is 2. The standard InChI is InChI=1S/C26H28ClFN4O3/c1-15-12-30-20(19-6-5-7-23(31-19)26(3,4)34)11-21(15)32-16(2)10-22(24(27)25(32)33)35-14-17-13-29-9-8-18(17)28/h5-10,12-13,20-21,30,34H,11,14H2,1-4H3/t20-,21-/m1/s1. The molecule has 35 heavy (non-hydrogen) atoms. The number of aryl methyl sites for hydroxylation is 1. The molecule has 3 aromatic rings. The zero-order chi connectivity index (χ0) is 25.3. The minimum absolute atomic E-state index is 0.0649. The second kappa shape index (κ2) is 9.79. The van der Waals surface area contributed by atoms with Crippen LogP contribution >= 0.6 is 11.6 Å². The second-order valence-corrected chi connectivity index (χ2v) is 9.64. The monoisotopic (exact) mass is 498 g/mol. The fourth-order valence-electron chi connectivity index (χ4n) is 4.17. The molecule has 0 fully saturated rings. The Morgan fingerprint density at radius 3 is 2.80 bits per heavy atom. The van der Waals surface area contributed by atoms with Gasteiger partial charge in [0, 0.05) is 29.7 Å². The van der Waals surface area contributed by atoms with Gasteiger partial charge < -0.3 is 19.7 Å². The Bertz CT molecular complexity index is 1330. The number of ether oxygens (including phenoxy) is 1. The highest BCUT2D eigenvalue weighted by atomic mass is 35.5. The molecule has 0 aliphatic carbocycles. The van der Waals surface area contributed by atoms with Crippen LogP contribution in [-0.4, -0.2) is 19.6 Å². The molecular formula is C26H28ClFN4O3. The van der Waals surface area contributed by atoms with Crippen LogP contribution in [0.15, 0.2) is 59.3 Å². The number of halogens is 2. The molecule has 7 nitrogen and oxygen atoms in total. The van der Waals surface area contributed by atoms with Gasteiger partial charge >= 0.3 is 0 Å². The predicted octanol–water partition coefficient (Wildman–Crippen LogP) is 4.73. The Labute approximate surface area is 208 Å². The highest BCUT2D eigenvalue weighted by molar-refractivity contribution is 6.31. The molecule has 1 aliphatic heterocycles. The summed E-state index contributed by atoms with van der Waals surface area (Å²) in [6, 6.07) is 8.06. The molecule has 0 bridgehead atoms. The van der Waals surface area contributed by atoms with Gasteiger partial charge in [0.2, 0.25) is 0 Å². The van der Waals surface area contributed by atoms with E-state index in [1.807, 2.05) is 32.2 Å². The van der Waals surface area contributed by atoms with Crippen molar-refractivity contribution in [2.45, 2.75) is 58.4 Å². The van der Waals surface area contributed by atoms with E-state index >= 15 is 0 Å². The SMILES string of the molecule is CC1=CN[C@@H](c2cccc(C(C)(C)O)n2)C[C@H]1n1c(C)cc(OCc2cnccc2F)c(Cl)c1=O. The number of nitrogens with one attached hydrogen (secondary N) is 1. The molecule has 0 unspecified atom stereocenters. The first-order valence-corrected chi connectivity index (χ1v) is 11.7. The highest BCUT2D eigenvalue weighted by Crippen LogP contribution is 2.35. The van der Waals surface area contributed by atoms with E-state index in [1.54, 1.807) is 30.5 Å². The number of nitrogens with zero attached hydrogens (tertiary/aromatic N) is 3. The van der Waals surface area contributed by atoms with Gasteiger partial charge in [-0.25, -0.2) is 4.39 Å². The van der Waals surface area contributed by atoms with E-state index in [1.165, 1.54) is 18.5 Å². The molecule has 0 aromatic carbocycles. The second-order valence-electron chi connectivity index (χ2n) is 9.26. The topological polar surface area (TPSA) is 89.3 Å². The third-order valence-electron chi connectivity index (χ3n) is 6.13. The van der Waals surface area contributed by atoms with Crippen molar-refractivity contribution in [3.8, 4) is 5.75 Å². The number of aromatic nitrogens is 3. The van der Waals surface area contributed by atoms with E-state index in [4.69, 9.17) is 16.3 Å². The molecule has 2 N–H and O–H groups in total. The average molecular weight is 499 g/mol. The maximum Gasteiger partial charge on any atom is 0.273 e. The summed E-state index contributed by atoms with van der Waals surface area (Å²) in [4.78, 5) is 21.9. The summed E-state index contributed by atoms with van der Waals surface area (Å²) in [5.41, 5.74) is 1.79. The molecule has 3 aromatic heterocycles. The van der Waals surface area contributed by atoms with Gasteiger partial charge in [0.1, 0.15) is 28.8 Å². The molecule has 2 atom stereocenters. The summed E-state index contributed by atoms with van der Waals surface area (Å²) < 4.78 is 21.3. The van der Waals surface area contributed by atoms with E-state index in [0.717, 1.165) is 11.3 Å². The average Bonchev–Trinajstić information content (AvgIpc) is 2.82. The summed E-state index contributed by atoms with van der Waals surface area (Å²) in [5.74, 6) is -0.245. The van der Waals surface area contributed by atoms with Crippen LogP contribution in [0.1, 0.15) is 61.9 Å². The lowest BCUT2D eigenvalue weighted by Gasteiger charge is -2.32. The summed E-state index contributed by atoms with van der Waals surface area (Å²) in [7, 11) is 0. The smallest absolute Gasteiger partial charge is 0.273 e. The van der Waals surface area contributed by atoms with Crippen molar-refractivity contribution in [3.63, 3.8) is 0 Å². The number of rotatable bonds is 6. The maximum absolute atomic E-state index is 13.9. The number of hydrogen-bond acceptors (Lipinski definition) is 6. The molecule has 4 rings (SSSR count). The predicted molar refractivity (Wildman–Crippen MR) is 132 cm³/mol. The molecule has 184 valence electrons. The Morgan fingerprint density at radius 2 is 2.09 bits per heavy atom. The lowest BCUT2D eigenvalue weighted by atomic mass is 9.93. The van der Waals surface area contributed by atoms with Crippen LogP contribution < -0.4 is 15.6 Å². The normalized spacial score (nSPS) is 18.1. The molecule has 0 saturated carbocycles. The minimum Gasteiger partial charge on any atom is -0.487 e. The fourth-order valence-corrected chi connectivity index (χ4v) is 4.37. The summed E-state index contributed by atoms with van der Waals surface area (Å²) in [6.07, 6.45) is 5.17. The summed E-state index contributed by atoms with van der Waals surface area (Å²) in [6.45, 7) is 7.05. The van der Waals surface area contributed by atoms with Crippen molar-refractivity contribution < 1.29 is 14.2 Å². The first-order chi connectivity index (χ1) is 16.6. The van der Waals surface area contributed by atoms with Crippen LogP contribution in [0, 0.1) is 12.7 Å². The van der Waals surface area contributed by atoms with Gasteiger partial charge in [-0.1, -0.05) is 17.7 Å². The van der Waals surface area contributed by atoms with Crippen molar-refractivity contribution in [2.75, 3.05) is 0 Å². The van der Waals surface area contributed by atoms with E-state index in [0.29, 0.717) is 17.8 Å². The van der Waals surface area contributed by atoms with Crippen molar-refractivity contribution in [1.29, 1.82) is 0 Å². The van der Waals surface area contributed by atoms with Gasteiger partial charge in [0.25, 0.3) is 5.56 Å². The third kappa shape index (κ3) is 5.23. The van der Waals surface area contributed by atoms with Crippen LogP contribution in [-0.2, 0) is 12.2 Å². The lowest BCUT2D eigenvalue weighted by Crippen LogP contribution is -2.34. The van der Waals surface area contributed by atoms with Crippen LogP contribution in [0.4, 0.5) is 4.39 Å². The number of pyridine rings is 3. The minimum atomic E-state index is -1.06.